The number of carboxylic acids is 1. The molecule has 0 amide bonds. The number of aliphatic carboxylic acids is 1. The molecule has 14 heavy (non-hydrogen) atoms. The predicted octanol–water partition coefficient (Wildman–Crippen LogP) is 1.20. The molecule has 0 spiro atoms. The lowest BCUT2D eigenvalue weighted by atomic mass is 10.2. The van der Waals surface area contributed by atoms with Crippen LogP contribution in [0.15, 0.2) is 24.3 Å². The normalized spacial score (nSPS) is 10.6. The Bertz CT molecular complexity index is 488. The van der Waals surface area contributed by atoms with E-state index in [1.807, 2.05) is 24.3 Å². The number of hydrogen-bond acceptors (Lipinski definition) is 2. The summed E-state index contributed by atoms with van der Waals surface area (Å²) in [5.74, 6) is -0.834. The molecule has 0 saturated carbocycles. The second-order valence-electron chi connectivity index (χ2n) is 3.16. The van der Waals surface area contributed by atoms with Crippen LogP contribution in [0.5, 0.6) is 0 Å². The van der Waals surface area contributed by atoms with Crippen LogP contribution in [0.4, 0.5) is 0 Å². The standard InChI is InChI=1S/C10H10N2O2/c1-12-9(6-10(13)14)7-4-2-3-5-8(7)11-12/h2-5H,6H2,1H3,(H,13,14). The fraction of sp³-hybridized carbons (Fsp3) is 0.200. The van der Waals surface area contributed by atoms with Gasteiger partial charge in [-0.25, -0.2) is 0 Å². The molecule has 1 aromatic carbocycles. The van der Waals surface area contributed by atoms with E-state index in [0.29, 0.717) is 0 Å². The predicted molar refractivity (Wildman–Crippen MR) is 52.1 cm³/mol. The molecule has 4 nitrogen and oxygen atoms in total. The van der Waals surface area contributed by atoms with Crippen LogP contribution in [0.2, 0.25) is 0 Å². The van der Waals surface area contributed by atoms with Crippen LogP contribution in [-0.2, 0) is 18.3 Å². The number of benzene rings is 1. The lowest BCUT2D eigenvalue weighted by Crippen LogP contribution is -2.06. The van der Waals surface area contributed by atoms with Gasteiger partial charge in [-0.1, -0.05) is 18.2 Å². The minimum atomic E-state index is -0.834. The summed E-state index contributed by atoms with van der Waals surface area (Å²) >= 11 is 0. The van der Waals surface area contributed by atoms with Crippen LogP contribution in [0.3, 0.4) is 0 Å². The smallest absolute Gasteiger partial charge is 0.309 e. The first-order chi connectivity index (χ1) is 6.68. The molecular formula is C10H10N2O2. The lowest BCUT2D eigenvalue weighted by molar-refractivity contribution is -0.136. The van der Waals surface area contributed by atoms with E-state index < -0.39 is 5.97 Å². The molecule has 1 N–H and O–H groups in total. The van der Waals surface area contributed by atoms with E-state index >= 15 is 0 Å². The Morgan fingerprint density at radius 1 is 1.50 bits per heavy atom. The molecule has 0 radical (unpaired) electrons. The molecule has 2 aromatic rings. The van der Waals surface area contributed by atoms with Crippen molar-refractivity contribution in [1.29, 1.82) is 0 Å². The highest BCUT2D eigenvalue weighted by molar-refractivity contribution is 5.85. The van der Waals surface area contributed by atoms with Crippen molar-refractivity contribution in [1.82, 2.24) is 9.78 Å². The van der Waals surface area contributed by atoms with E-state index in [2.05, 4.69) is 5.10 Å². The maximum atomic E-state index is 10.6. The highest BCUT2D eigenvalue weighted by Gasteiger charge is 2.10. The summed E-state index contributed by atoms with van der Waals surface area (Å²) in [6.07, 6.45) is 0.0109. The Balaban J connectivity index is 2.62. The van der Waals surface area contributed by atoms with Crippen molar-refractivity contribution < 1.29 is 9.90 Å². The number of aromatic nitrogens is 2. The minimum absolute atomic E-state index is 0.0109. The van der Waals surface area contributed by atoms with Gasteiger partial charge in [0.25, 0.3) is 0 Å². The van der Waals surface area contributed by atoms with Gasteiger partial charge in [-0.05, 0) is 6.07 Å². The van der Waals surface area contributed by atoms with E-state index in [1.165, 1.54) is 0 Å². The van der Waals surface area contributed by atoms with Crippen LogP contribution in [-0.4, -0.2) is 20.9 Å². The Morgan fingerprint density at radius 3 is 2.93 bits per heavy atom. The Kier molecular flexibility index (Phi) is 1.96. The minimum Gasteiger partial charge on any atom is -0.481 e. The second-order valence-corrected chi connectivity index (χ2v) is 3.16. The summed E-state index contributed by atoms with van der Waals surface area (Å²) < 4.78 is 1.62. The summed E-state index contributed by atoms with van der Waals surface area (Å²) in [6.45, 7) is 0. The van der Waals surface area contributed by atoms with Gasteiger partial charge in [0.05, 0.1) is 17.6 Å². The number of hydrogen-bond donors (Lipinski definition) is 1. The van der Waals surface area contributed by atoms with Gasteiger partial charge in [-0.15, -0.1) is 0 Å². The molecule has 0 aliphatic heterocycles. The molecule has 72 valence electrons. The van der Waals surface area contributed by atoms with Gasteiger partial charge in [0, 0.05) is 12.4 Å². The molecule has 2 rings (SSSR count). The zero-order valence-electron chi connectivity index (χ0n) is 7.77. The molecule has 0 saturated heterocycles. The summed E-state index contributed by atoms with van der Waals surface area (Å²) in [6, 6.07) is 7.54. The van der Waals surface area contributed by atoms with Gasteiger partial charge < -0.3 is 5.11 Å². The van der Waals surface area contributed by atoms with Gasteiger partial charge in [0.2, 0.25) is 0 Å². The van der Waals surface area contributed by atoms with E-state index in [0.717, 1.165) is 16.6 Å². The van der Waals surface area contributed by atoms with Crippen LogP contribution >= 0.6 is 0 Å². The fourth-order valence-electron chi connectivity index (χ4n) is 1.55. The highest BCUT2D eigenvalue weighted by Crippen LogP contribution is 2.17. The molecule has 0 aliphatic carbocycles. The van der Waals surface area contributed by atoms with Gasteiger partial charge in [0.15, 0.2) is 0 Å². The largest absolute Gasteiger partial charge is 0.481 e. The van der Waals surface area contributed by atoms with Crippen molar-refractivity contribution in [3.05, 3.63) is 30.0 Å². The molecule has 4 heteroatoms. The Hall–Kier alpha value is -1.84. The third kappa shape index (κ3) is 1.35. The molecule has 1 heterocycles. The van der Waals surface area contributed by atoms with Gasteiger partial charge in [-0.3, -0.25) is 9.48 Å². The van der Waals surface area contributed by atoms with Crippen molar-refractivity contribution in [3.8, 4) is 0 Å². The highest BCUT2D eigenvalue weighted by atomic mass is 16.4. The van der Waals surface area contributed by atoms with Crippen molar-refractivity contribution in [2.45, 2.75) is 6.42 Å². The zero-order chi connectivity index (χ0) is 10.1. The first kappa shape index (κ1) is 8.74. The SMILES string of the molecule is Cn1nc2ccccc2c1CC(=O)O. The quantitative estimate of drug-likeness (QED) is 0.774. The second kappa shape index (κ2) is 3.14. The van der Waals surface area contributed by atoms with Crippen LogP contribution < -0.4 is 0 Å². The molecule has 1 aromatic heterocycles. The van der Waals surface area contributed by atoms with Gasteiger partial charge in [-0.2, -0.15) is 5.10 Å². The van der Waals surface area contributed by atoms with Crippen molar-refractivity contribution in [2.75, 3.05) is 0 Å². The van der Waals surface area contributed by atoms with Crippen LogP contribution in [0.25, 0.3) is 10.9 Å². The monoisotopic (exact) mass is 190 g/mol. The molecule has 0 atom stereocenters. The summed E-state index contributed by atoms with van der Waals surface area (Å²) in [5.41, 5.74) is 1.58. The number of carbonyl (C=O) groups is 1. The maximum Gasteiger partial charge on any atom is 0.309 e. The third-order valence-electron chi connectivity index (χ3n) is 2.18. The molecular weight excluding hydrogens is 180 g/mol. The average Bonchev–Trinajstić information content (AvgIpc) is 2.43. The summed E-state index contributed by atoms with van der Waals surface area (Å²) in [4.78, 5) is 10.6. The average molecular weight is 190 g/mol. The van der Waals surface area contributed by atoms with E-state index in [-0.39, 0.29) is 6.42 Å². The first-order valence-corrected chi connectivity index (χ1v) is 4.31. The number of fused-ring (bicyclic) bond motifs is 1. The zero-order valence-corrected chi connectivity index (χ0v) is 7.77. The number of carboxylic acid groups (broad SMARTS) is 1. The van der Waals surface area contributed by atoms with Crippen molar-refractivity contribution >= 4 is 16.9 Å². The summed E-state index contributed by atoms with van der Waals surface area (Å²) in [7, 11) is 1.76. The number of nitrogens with zero attached hydrogens (tertiary/aromatic N) is 2. The topological polar surface area (TPSA) is 55.1 Å². The Labute approximate surface area is 80.8 Å². The van der Waals surface area contributed by atoms with Crippen LogP contribution in [0, 0.1) is 0 Å². The fourth-order valence-corrected chi connectivity index (χ4v) is 1.55. The first-order valence-electron chi connectivity index (χ1n) is 4.31. The molecule has 0 fully saturated rings. The summed E-state index contributed by atoms with van der Waals surface area (Å²) in [5, 5.41) is 13.9. The van der Waals surface area contributed by atoms with E-state index in [1.54, 1.807) is 11.7 Å². The van der Waals surface area contributed by atoms with Gasteiger partial charge in [0.1, 0.15) is 0 Å². The Morgan fingerprint density at radius 2 is 2.21 bits per heavy atom. The molecule has 0 aliphatic rings. The molecule has 0 bridgehead atoms. The van der Waals surface area contributed by atoms with Crippen molar-refractivity contribution in [3.63, 3.8) is 0 Å². The van der Waals surface area contributed by atoms with Crippen LogP contribution in [0.1, 0.15) is 5.69 Å². The third-order valence-corrected chi connectivity index (χ3v) is 2.18. The maximum absolute atomic E-state index is 10.6. The molecule has 0 unspecified atom stereocenters. The van der Waals surface area contributed by atoms with E-state index in [9.17, 15) is 4.79 Å². The van der Waals surface area contributed by atoms with E-state index in [4.69, 9.17) is 5.11 Å². The lowest BCUT2D eigenvalue weighted by Gasteiger charge is -1.97. The van der Waals surface area contributed by atoms with Crippen molar-refractivity contribution in [2.24, 2.45) is 7.05 Å². The number of aryl methyl sites for hydroxylation is 1. The van der Waals surface area contributed by atoms with Gasteiger partial charge >= 0.3 is 5.97 Å². The number of rotatable bonds is 2.